The molecule has 124 valence electrons. The standard InChI is InChI=1S/C18H19N3O2S/c1-2-16(22)21-10-6-9-14(21)11-19-17(23)15-12-20-18(24-15)13-7-4-3-5-8-13/h2-5,7-8,12,14H,1,6,9-11H2,(H,19,23). The first-order valence-corrected chi connectivity index (χ1v) is 8.73. The Hall–Kier alpha value is -2.47. The number of hydrogen-bond donors (Lipinski definition) is 1. The Morgan fingerprint density at radius 1 is 1.38 bits per heavy atom. The quantitative estimate of drug-likeness (QED) is 0.851. The zero-order valence-electron chi connectivity index (χ0n) is 13.3. The molecule has 1 aromatic carbocycles. The van der Waals surface area contributed by atoms with Gasteiger partial charge >= 0.3 is 0 Å². The number of rotatable bonds is 5. The summed E-state index contributed by atoms with van der Waals surface area (Å²) in [4.78, 5) is 30.8. The smallest absolute Gasteiger partial charge is 0.263 e. The van der Waals surface area contributed by atoms with Crippen LogP contribution in [0.3, 0.4) is 0 Å². The molecular formula is C18H19N3O2S. The van der Waals surface area contributed by atoms with E-state index in [1.54, 1.807) is 11.1 Å². The Balaban J connectivity index is 1.61. The molecule has 1 unspecified atom stereocenters. The Morgan fingerprint density at radius 2 is 2.17 bits per heavy atom. The minimum absolute atomic E-state index is 0.0426. The second-order valence-corrected chi connectivity index (χ2v) is 6.67. The van der Waals surface area contributed by atoms with Crippen LogP contribution in [0.4, 0.5) is 0 Å². The Labute approximate surface area is 145 Å². The van der Waals surface area contributed by atoms with Gasteiger partial charge in [-0.1, -0.05) is 36.9 Å². The monoisotopic (exact) mass is 341 g/mol. The lowest BCUT2D eigenvalue weighted by molar-refractivity contribution is -0.126. The molecule has 24 heavy (non-hydrogen) atoms. The van der Waals surface area contributed by atoms with Gasteiger partial charge in [0.2, 0.25) is 5.91 Å². The summed E-state index contributed by atoms with van der Waals surface area (Å²) in [5.41, 5.74) is 1.00. The molecule has 1 aliphatic rings. The summed E-state index contributed by atoms with van der Waals surface area (Å²) >= 11 is 1.37. The Morgan fingerprint density at radius 3 is 2.92 bits per heavy atom. The Kier molecular flexibility index (Phi) is 5.05. The van der Waals surface area contributed by atoms with E-state index >= 15 is 0 Å². The van der Waals surface area contributed by atoms with Gasteiger partial charge in [0.05, 0.1) is 6.20 Å². The summed E-state index contributed by atoms with van der Waals surface area (Å²) in [5.74, 6) is -0.219. The highest BCUT2D eigenvalue weighted by atomic mass is 32.1. The number of hydrogen-bond acceptors (Lipinski definition) is 4. The number of nitrogens with one attached hydrogen (secondary N) is 1. The summed E-state index contributed by atoms with van der Waals surface area (Å²) in [6.07, 6.45) is 4.79. The van der Waals surface area contributed by atoms with Crippen LogP contribution < -0.4 is 5.32 Å². The van der Waals surface area contributed by atoms with Gasteiger partial charge in [-0.3, -0.25) is 9.59 Å². The third-order valence-electron chi connectivity index (χ3n) is 4.08. The average molecular weight is 341 g/mol. The van der Waals surface area contributed by atoms with Crippen LogP contribution in [-0.2, 0) is 4.79 Å². The molecule has 0 radical (unpaired) electrons. The summed E-state index contributed by atoms with van der Waals surface area (Å²) < 4.78 is 0. The minimum atomic E-state index is -0.146. The first-order chi connectivity index (χ1) is 11.7. The fraction of sp³-hybridized carbons (Fsp3) is 0.278. The van der Waals surface area contributed by atoms with Gasteiger partial charge in [-0.25, -0.2) is 4.98 Å². The van der Waals surface area contributed by atoms with E-state index in [2.05, 4.69) is 16.9 Å². The lowest BCUT2D eigenvalue weighted by Gasteiger charge is -2.23. The minimum Gasteiger partial charge on any atom is -0.349 e. The third-order valence-corrected chi connectivity index (χ3v) is 5.13. The number of benzene rings is 1. The molecule has 1 N–H and O–H groups in total. The normalized spacial score (nSPS) is 16.8. The molecule has 5 nitrogen and oxygen atoms in total. The molecule has 1 aliphatic heterocycles. The highest BCUT2D eigenvalue weighted by molar-refractivity contribution is 7.16. The van der Waals surface area contributed by atoms with Crippen LogP contribution >= 0.6 is 11.3 Å². The van der Waals surface area contributed by atoms with Gasteiger partial charge in [-0.2, -0.15) is 0 Å². The molecular weight excluding hydrogens is 322 g/mol. The lowest BCUT2D eigenvalue weighted by Crippen LogP contribution is -2.42. The van der Waals surface area contributed by atoms with Crippen molar-refractivity contribution in [1.82, 2.24) is 15.2 Å². The van der Waals surface area contributed by atoms with Crippen molar-refractivity contribution in [3.05, 3.63) is 54.1 Å². The molecule has 2 amide bonds. The van der Waals surface area contributed by atoms with Crippen LogP contribution in [-0.4, -0.2) is 40.8 Å². The molecule has 1 aromatic heterocycles. The van der Waals surface area contributed by atoms with Gasteiger partial charge in [-0.05, 0) is 18.9 Å². The lowest BCUT2D eigenvalue weighted by atomic mass is 10.2. The molecule has 3 rings (SSSR count). The molecule has 0 spiro atoms. The van der Waals surface area contributed by atoms with Crippen molar-refractivity contribution >= 4 is 23.2 Å². The van der Waals surface area contributed by atoms with E-state index in [9.17, 15) is 9.59 Å². The van der Waals surface area contributed by atoms with Crippen molar-refractivity contribution in [1.29, 1.82) is 0 Å². The van der Waals surface area contributed by atoms with Crippen LogP contribution in [0.25, 0.3) is 10.6 Å². The van der Waals surface area contributed by atoms with E-state index in [-0.39, 0.29) is 17.9 Å². The van der Waals surface area contributed by atoms with E-state index in [1.165, 1.54) is 17.4 Å². The number of amides is 2. The highest BCUT2D eigenvalue weighted by Crippen LogP contribution is 2.25. The first-order valence-electron chi connectivity index (χ1n) is 7.91. The SMILES string of the molecule is C=CC(=O)N1CCCC1CNC(=O)c1cnc(-c2ccccc2)s1. The van der Waals surface area contributed by atoms with Crippen molar-refractivity contribution in [2.45, 2.75) is 18.9 Å². The van der Waals surface area contributed by atoms with Crippen molar-refractivity contribution in [3.8, 4) is 10.6 Å². The third kappa shape index (κ3) is 3.54. The average Bonchev–Trinajstić information content (AvgIpc) is 3.29. The van der Waals surface area contributed by atoms with E-state index in [0.29, 0.717) is 11.4 Å². The highest BCUT2D eigenvalue weighted by Gasteiger charge is 2.27. The van der Waals surface area contributed by atoms with Gasteiger partial charge in [0.15, 0.2) is 0 Å². The molecule has 1 fully saturated rings. The summed E-state index contributed by atoms with van der Waals surface area (Å²) in [6, 6.07) is 9.82. The molecule has 1 saturated heterocycles. The van der Waals surface area contributed by atoms with E-state index in [1.807, 2.05) is 30.3 Å². The van der Waals surface area contributed by atoms with E-state index in [0.717, 1.165) is 30.0 Å². The van der Waals surface area contributed by atoms with Crippen molar-refractivity contribution in [2.24, 2.45) is 0 Å². The van der Waals surface area contributed by atoms with Crippen molar-refractivity contribution < 1.29 is 9.59 Å². The summed E-state index contributed by atoms with van der Waals surface area (Å²) in [6.45, 7) is 4.71. The van der Waals surface area contributed by atoms with Gasteiger partial charge in [0, 0.05) is 24.7 Å². The Bertz CT molecular complexity index is 742. The summed E-state index contributed by atoms with van der Waals surface area (Å²) in [7, 11) is 0. The summed E-state index contributed by atoms with van der Waals surface area (Å²) in [5, 5.41) is 3.74. The van der Waals surface area contributed by atoms with E-state index < -0.39 is 0 Å². The second-order valence-electron chi connectivity index (χ2n) is 5.64. The number of aromatic nitrogens is 1. The molecule has 0 saturated carbocycles. The molecule has 0 bridgehead atoms. The fourth-order valence-electron chi connectivity index (χ4n) is 2.85. The van der Waals surface area contributed by atoms with E-state index in [4.69, 9.17) is 0 Å². The van der Waals surface area contributed by atoms with Crippen LogP contribution in [0.15, 0.2) is 49.2 Å². The maximum Gasteiger partial charge on any atom is 0.263 e. The van der Waals surface area contributed by atoms with Gasteiger partial charge in [0.1, 0.15) is 9.88 Å². The number of likely N-dealkylation sites (tertiary alicyclic amines) is 1. The first kappa shape index (κ1) is 16.4. The maximum atomic E-state index is 12.3. The largest absolute Gasteiger partial charge is 0.349 e. The number of nitrogens with zero attached hydrogens (tertiary/aromatic N) is 2. The number of thiazole rings is 1. The van der Waals surface area contributed by atoms with Crippen LogP contribution in [0.1, 0.15) is 22.5 Å². The maximum absolute atomic E-state index is 12.3. The van der Waals surface area contributed by atoms with Gasteiger partial charge in [-0.15, -0.1) is 11.3 Å². The van der Waals surface area contributed by atoms with Crippen LogP contribution in [0.2, 0.25) is 0 Å². The van der Waals surface area contributed by atoms with Gasteiger partial charge in [0.25, 0.3) is 5.91 Å². The van der Waals surface area contributed by atoms with Crippen LogP contribution in [0.5, 0.6) is 0 Å². The van der Waals surface area contributed by atoms with Crippen molar-refractivity contribution in [2.75, 3.05) is 13.1 Å². The molecule has 2 aromatic rings. The predicted molar refractivity (Wildman–Crippen MR) is 94.8 cm³/mol. The van der Waals surface area contributed by atoms with Gasteiger partial charge < -0.3 is 10.2 Å². The molecule has 2 heterocycles. The van der Waals surface area contributed by atoms with Crippen molar-refractivity contribution in [3.63, 3.8) is 0 Å². The molecule has 0 aliphatic carbocycles. The predicted octanol–water partition coefficient (Wildman–Crippen LogP) is 2.72. The zero-order valence-corrected chi connectivity index (χ0v) is 14.1. The topological polar surface area (TPSA) is 62.3 Å². The number of carbonyl (C=O) groups excluding carboxylic acids is 2. The fourth-order valence-corrected chi connectivity index (χ4v) is 3.68. The zero-order chi connectivity index (χ0) is 16.9. The molecule has 6 heteroatoms. The number of carbonyl (C=O) groups is 2. The molecule has 1 atom stereocenters. The van der Waals surface area contributed by atoms with Crippen LogP contribution in [0, 0.1) is 0 Å². The second kappa shape index (κ2) is 7.40.